The van der Waals surface area contributed by atoms with Crippen LogP contribution in [0.4, 0.5) is 5.69 Å². The Balaban J connectivity index is 2.01. The van der Waals surface area contributed by atoms with E-state index in [1.54, 1.807) is 12.1 Å². The normalized spacial score (nSPS) is 10.3. The highest BCUT2D eigenvalue weighted by molar-refractivity contribution is 6.31. The second-order valence-corrected chi connectivity index (χ2v) is 5.55. The van der Waals surface area contributed by atoms with Crippen LogP contribution in [0.25, 0.3) is 0 Å². The highest BCUT2D eigenvalue weighted by Crippen LogP contribution is 2.30. The fourth-order valence-electron chi connectivity index (χ4n) is 2.12. The van der Waals surface area contributed by atoms with Crippen LogP contribution >= 0.6 is 11.6 Å². The number of hydrogen-bond donors (Lipinski definition) is 1. The van der Waals surface area contributed by atoms with Gasteiger partial charge in [0.1, 0.15) is 11.5 Å². The van der Waals surface area contributed by atoms with Crippen molar-refractivity contribution in [2.45, 2.75) is 20.3 Å². The summed E-state index contributed by atoms with van der Waals surface area (Å²) < 4.78 is 10.8. The van der Waals surface area contributed by atoms with E-state index in [0.717, 1.165) is 17.5 Å². The molecular weight excluding hydrogens is 314 g/mol. The molecule has 2 rings (SSSR count). The van der Waals surface area contributed by atoms with Gasteiger partial charge in [-0.3, -0.25) is 4.79 Å². The Morgan fingerprint density at radius 1 is 1.26 bits per heavy atom. The third-order valence-electron chi connectivity index (χ3n) is 3.43. The molecule has 0 aliphatic heterocycles. The van der Waals surface area contributed by atoms with Crippen molar-refractivity contribution in [2.75, 3.05) is 19.0 Å². The zero-order chi connectivity index (χ0) is 16.8. The largest absolute Gasteiger partial charge is 0.495 e. The molecule has 1 N–H and O–H groups in total. The van der Waals surface area contributed by atoms with Crippen LogP contribution in [0.1, 0.15) is 18.1 Å². The predicted octanol–water partition coefficient (Wildman–Crippen LogP) is 4.24. The zero-order valence-corrected chi connectivity index (χ0v) is 14.2. The maximum Gasteiger partial charge on any atom is 0.262 e. The molecule has 0 fully saturated rings. The molecule has 0 spiro atoms. The smallest absolute Gasteiger partial charge is 0.262 e. The van der Waals surface area contributed by atoms with Gasteiger partial charge in [0.05, 0.1) is 12.8 Å². The van der Waals surface area contributed by atoms with Crippen molar-refractivity contribution in [1.29, 1.82) is 0 Å². The number of amides is 1. The quantitative estimate of drug-likeness (QED) is 0.860. The number of nitrogens with one attached hydrogen (secondary N) is 1. The highest BCUT2D eigenvalue weighted by Gasteiger charge is 2.11. The molecule has 0 atom stereocenters. The van der Waals surface area contributed by atoms with Gasteiger partial charge in [0, 0.05) is 11.1 Å². The molecule has 122 valence electrons. The number of rotatable bonds is 6. The van der Waals surface area contributed by atoms with Crippen LogP contribution in [0, 0.1) is 6.92 Å². The predicted molar refractivity (Wildman–Crippen MR) is 92.7 cm³/mol. The SMILES string of the molecule is CCc1cccc(OCC(=O)Nc2cc(C)c(Cl)cc2OC)c1. The van der Waals surface area contributed by atoms with Gasteiger partial charge in [0.15, 0.2) is 6.61 Å². The molecule has 0 saturated carbocycles. The minimum Gasteiger partial charge on any atom is -0.495 e. The summed E-state index contributed by atoms with van der Waals surface area (Å²) in [6, 6.07) is 11.2. The number of carbonyl (C=O) groups excluding carboxylic acids is 1. The van der Waals surface area contributed by atoms with Crippen molar-refractivity contribution in [3.8, 4) is 11.5 Å². The van der Waals surface area contributed by atoms with Crippen molar-refractivity contribution in [1.82, 2.24) is 0 Å². The van der Waals surface area contributed by atoms with E-state index in [1.807, 2.05) is 31.2 Å². The summed E-state index contributed by atoms with van der Waals surface area (Å²) >= 11 is 6.05. The van der Waals surface area contributed by atoms with E-state index in [4.69, 9.17) is 21.1 Å². The molecule has 0 bridgehead atoms. The Morgan fingerprint density at radius 2 is 2.04 bits per heavy atom. The molecule has 1 amide bonds. The summed E-state index contributed by atoms with van der Waals surface area (Å²) in [7, 11) is 1.53. The molecule has 2 aromatic rings. The van der Waals surface area contributed by atoms with Crippen LogP contribution in [-0.2, 0) is 11.2 Å². The standard InChI is InChI=1S/C18H20ClNO3/c1-4-13-6-5-7-14(9-13)23-11-18(21)20-16-8-12(2)15(19)10-17(16)22-3/h5-10H,4,11H2,1-3H3,(H,20,21). The number of hydrogen-bond acceptors (Lipinski definition) is 3. The summed E-state index contributed by atoms with van der Waals surface area (Å²) in [4.78, 5) is 12.1. The van der Waals surface area contributed by atoms with Gasteiger partial charge in [-0.05, 0) is 42.7 Å². The number of methoxy groups -OCH3 is 1. The first kappa shape index (κ1) is 17.2. The van der Waals surface area contributed by atoms with E-state index in [2.05, 4.69) is 12.2 Å². The van der Waals surface area contributed by atoms with E-state index in [-0.39, 0.29) is 12.5 Å². The molecule has 0 unspecified atom stereocenters. The van der Waals surface area contributed by atoms with E-state index in [0.29, 0.717) is 22.2 Å². The Labute approximate surface area is 141 Å². The summed E-state index contributed by atoms with van der Waals surface area (Å²) in [5, 5.41) is 3.37. The van der Waals surface area contributed by atoms with Crippen LogP contribution in [0.2, 0.25) is 5.02 Å². The average Bonchev–Trinajstić information content (AvgIpc) is 2.56. The molecule has 0 saturated heterocycles. The first-order chi connectivity index (χ1) is 11.0. The number of benzene rings is 2. The second kappa shape index (κ2) is 7.88. The van der Waals surface area contributed by atoms with E-state index in [9.17, 15) is 4.79 Å². The molecule has 23 heavy (non-hydrogen) atoms. The average molecular weight is 334 g/mol. The fourth-order valence-corrected chi connectivity index (χ4v) is 2.27. The van der Waals surface area contributed by atoms with Crippen LogP contribution in [-0.4, -0.2) is 19.6 Å². The van der Waals surface area contributed by atoms with E-state index in [1.165, 1.54) is 7.11 Å². The minimum atomic E-state index is -0.257. The van der Waals surface area contributed by atoms with Gasteiger partial charge in [-0.2, -0.15) is 0 Å². The highest BCUT2D eigenvalue weighted by atomic mass is 35.5. The number of halogens is 1. The molecule has 2 aromatic carbocycles. The first-order valence-electron chi connectivity index (χ1n) is 7.39. The zero-order valence-electron chi connectivity index (χ0n) is 13.5. The van der Waals surface area contributed by atoms with Gasteiger partial charge in [-0.15, -0.1) is 0 Å². The van der Waals surface area contributed by atoms with Crippen LogP contribution < -0.4 is 14.8 Å². The summed E-state index contributed by atoms with van der Waals surface area (Å²) in [6.45, 7) is 3.86. The molecule has 0 aliphatic rings. The number of ether oxygens (including phenoxy) is 2. The van der Waals surface area contributed by atoms with Crippen molar-refractivity contribution >= 4 is 23.2 Å². The maximum absolute atomic E-state index is 12.1. The Morgan fingerprint density at radius 3 is 2.74 bits per heavy atom. The lowest BCUT2D eigenvalue weighted by Crippen LogP contribution is -2.20. The van der Waals surface area contributed by atoms with Gasteiger partial charge < -0.3 is 14.8 Å². The van der Waals surface area contributed by atoms with Crippen LogP contribution in [0.5, 0.6) is 11.5 Å². The fraction of sp³-hybridized carbons (Fsp3) is 0.278. The number of carbonyl (C=O) groups is 1. The lowest BCUT2D eigenvalue weighted by atomic mass is 10.2. The lowest BCUT2D eigenvalue weighted by Gasteiger charge is -2.13. The molecule has 0 radical (unpaired) electrons. The van der Waals surface area contributed by atoms with Crippen molar-refractivity contribution in [2.24, 2.45) is 0 Å². The number of anilines is 1. The Hall–Kier alpha value is -2.20. The van der Waals surface area contributed by atoms with E-state index >= 15 is 0 Å². The molecule has 0 aromatic heterocycles. The van der Waals surface area contributed by atoms with Gasteiger partial charge in [-0.1, -0.05) is 30.7 Å². The number of aryl methyl sites for hydroxylation is 2. The maximum atomic E-state index is 12.1. The van der Waals surface area contributed by atoms with Gasteiger partial charge in [-0.25, -0.2) is 0 Å². The van der Waals surface area contributed by atoms with Crippen LogP contribution in [0.3, 0.4) is 0 Å². The Kier molecular flexibility index (Phi) is 5.88. The molecule has 5 heteroatoms. The monoisotopic (exact) mass is 333 g/mol. The first-order valence-corrected chi connectivity index (χ1v) is 7.77. The lowest BCUT2D eigenvalue weighted by molar-refractivity contribution is -0.118. The van der Waals surface area contributed by atoms with Gasteiger partial charge in [0.2, 0.25) is 0 Å². The molecular formula is C18H20ClNO3. The van der Waals surface area contributed by atoms with Gasteiger partial charge >= 0.3 is 0 Å². The summed E-state index contributed by atoms with van der Waals surface area (Å²) in [5.74, 6) is 0.938. The third kappa shape index (κ3) is 4.63. The minimum absolute atomic E-state index is 0.0714. The topological polar surface area (TPSA) is 47.6 Å². The van der Waals surface area contributed by atoms with E-state index < -0.39 is 0 Å². The molecule has 0 aliphatic carbocycles. The van der Waals surface area contributed by atoms with Crippen molar-refractivity contribution in [3.63, 3.8) is 0 Å². The van der Waals surface area contributed by atoms with Crippen molar-refractivity contribution < 1.29 is 14.3 Å². The van der Waals surface area contributed by atoms with Crippen molar-refractivity contribution in [3.05, 3.63) is 52.5 Å². The Bertz CT molecular complexity index is 701. The third-order valence-corrected chi connectivity index (χ3v) is 3.84. The molecule has 4 nitrogen and oxygen atoms in total. The van der Waals surface area contributed by atoms with Crippen LogP contribution in [0.15, 0.2) is 36.4 Å². The van der Waals surface area contributed by atoms with Gasteiger partial charge in [0.25, 0.3) is 5.91 Å². The second-order valence-electron chi connectivity index (χ2n) is 5.14. The summed E-state index contributed by atoms with van der Waals surface area (Å²) in [6.07, 6.45) is 0.921. The summed E-state index contributed by atoms with van der Waals surface area (Å²) in [5.41, 5.74) is 2.60. The molecule has 0 heterocycles.